The first-order chi connectivity index (χ1) is 18.5. The van der Waals surface area contributed by atoms with E-state index in [1.54, 1.807) is 13.2 Å². The van der Waals surface area contributed by atoms with Crippen molar-refractivity contribution in [2.45, 2.75) is 25.5 Å². The van der Waals surface area contributed by atoms with Crippen LogP contribution in [0.5, 0.6) is 5.75 Å². The number of amides is 1. The average Bonchev–Trinajstić information content (AvgIpc) is 3.53. The van der Waals surface area contributed by atoms with Crippen LogP contribution in [0.1, 0.15) is 29.2 Å². The molecule has 5 rings (SSSR count). The summed E-state index contributed by atoms with van der Waals surface area (Å²) in [5.41, 5.74) is 9.37. The number of carbonyl (C=O) groups excluding carboxylic acids is 1. The highest BCUT2D eigenvalue weighted by molar-refractivity contribution is 6.08. The molecule has 0 bridgehead atoms. The number of aromatic nitrogens is 4. The van der Waals surface area contributed by atoms with Gasteiger partial charge in [0.2, 0.25) is 0 Å². The van der Waals surface area contributed by atoms with Crippen LogP contribution in [-0.2, 0) is 18.4 Å². The Kier molecular flexibility index (Phi) is 7.21. The lowest BCUT2D eigenvalue weighted by atomic mass is 10.1. The molecule has 1 unspecified atom stereocenters. The fourth-order valence-electron chi connectivity index (χ4n) is 5.00. The maximum absolute atomic E-state index is 14.6. The van der Waals surface area contributed by atoms with Crippen molar-refractivity contribution in [2.24, 2.45) is 12.8 Å². The SMILES string of the molecule is COCc1nc2c(N3CCCC3CN)c(NC(=O)c3ccnc(-c4c(F)cccc4OC)n3)ccc2n1C. The maximum Gasteiger partial charge on any atom is 0.274 e. The Balaban J connectivity index is 1.56. The number of carbonyl (C=O) groups is 1. The molecule has 3 heterocycles. The summed E-state index contributed by atoms with van der Waals surface area (Å²) in [4.78, 5) is 29.1. The molecule has 2 aromatic heterocycles. The predicted molar refractivity (Wildman–Crippen MR) is 143 cm³/mol. The second-order valence-corrected chi connectivity index (χ2v) is 9.11. The van der Waals surface area contributed by atoms with Crippen LogP contribution in [0.4, 0.5) is 15.8 Å². The van der Waals surface area contributed by atoms with Gasteiger partial charge in [-0.05, 0) is 43.2 Å². The summed E-state index contributed by atoms with van der Waals surface area (Å²) < 4.78 is 27.2. The van der Waals surface area contributed by atoms with Crippen molar-refractivity contribution in [1.82, 2.24) is 19.5 Å². The van der Waals surface area contributed by atoms with E-state index in [1.165, 1.54) is 31.5 Å². The van der Waals surface area contributed by atoms with E-state index < -0.39 is 11.7 Å². The number of hydrogen-bond donors (Lipinski definition) is 2. The molecule has 1 saturated heterocycles. The molecular weight excluding hydrogens is 489 g/mol. The van der Waals surface area contributed by atoms with E-state index in [4.69, 9.17) is 20.2 Å². The third kappa shape index (κ3) is 4.54. The predicted octanol–water partition coefficient (Wildman–Crippen LogP) is 3.50. The van der Waals surface area contributed by atoms with Crippen LogP contribution in [0.3, 0.4) is 0 Å². The molecule has 3 N–H and O–H groups in total. The van der Waals surface area contributed by atoms with Crippen molar-refractivity contribution < 1.29 is 18.7 Å². The fraction of sp³-hybridized carbons (Fsp3) is 0.333. The molecule has 1 aliphatic rings. The van der Waals surface area contributed by atoms with Crippen LogP contribution in [0.15, 0.2) is 42.6 Å². The number of benzene rings is 2. The molecule has 11 heteroatoms. The Morgan fingerprint density at radius 2 is 2.05 bits per heavy atom. The molecule has 1 amide bonds. The second kappa shape index (κ2) is 10.7. The smallest absolute Gasteiger partial charge is 0.274 e. The van der Waals surface area contributed by atoms with Crippen molar-refractivity contribution in [2.75, 3.05) is 37.5 Å². The number of nitrogens with one attached hydrogen (secondary N) is 1. The van der Waals surface area contributed by atoms with E-state index in [9.17, 15) is 9.18 Å². The van der Waals surface area contributed by atoms with Crippen LogP contribution in [0.25, 0.3) is 22.4 Å². The van der Waals surface area contributed by atoms with Crippen LogP contribution in [0.2, 0.25) is 0 Å². The molecular formula is C27H30FN7O3. The Morgan fingerprint density at radius 1 is 1.21 bits per heavy atom. The molecule has 198 valence electrons. The maximum atomic E-state index is 14.6. The minimum absolute atomic E-state index is 0.0555. The van der Waals surface area contributed by atoms with Gasteiger partial charge in [-0.3, -0.25) is 4.79 Å². The van der Waals surface area contributed by atoms with Gasteiger partial charge in [0.15, 0.2) is 5.82 Å². The molecule has 10 nitrogen and oxygen atoms in total. The number of rotatable bonds is 8. The molecule has 0 saturated carbocycles. The lowest BCUT2D eigenvalue weighted by molar-refractivity contribution is 0.102. The van der Waals surface area contributed by atoms with Crippen molar-refractivity contribution in [3.63, 3.8) is 0 Å². The van der Waals surface area contributed by atoms with Crippen molar-refractivity contribution in [1.29, 1.82) is 0 Å². The molecule has 4 aromatic rings. The molecule has 2 aromatic carbocycles. The Morgan fingerprint density at radius 3 is 2.82 bits per heavy atom. The lowest BCUT2D eigenvalue weighted by Gasteiger charge is -2.28. The number of fused-ring (bicyclic) bond motifs is 1. The number of imidazole rings is 1. The lowest BCUT2D eigenvalue weighted by Crippen LogP contribution is -2.36. The summed E-state index contributed by atoms with van der Waals surface area (Å²) in [7, 11) is 5.01. The highest BCUT2D eigenvalue weighted by Gasteiger charge is 2.29. The summed E-state index contributed by atoms with van der Waals surface area (Å²) >= 11 is 0. The second-order valence-electron chi connectivity index (χ2n) is 9.11. The van der Waals surface area contributed by atoms with Gasteiger partial charge >= 0.3 is 0 Å². The Hall–Kier alpha value is -4.09. The van der Waals surface area contributed by atoms with Gasteiger partial charge in [0.25, 0.3) is 5.91 Å². The minimum atomic E-state index is -0.543. The molecule has 1 aliphatic heterocycles. The zero-order valence-corrected chi connectivity index (χ0v) is 21.6. The van der Waals surface area contributed by atoms with Gasteiger partial charge < -0.3 is 30.0 Å². The van der Waals surface area contributed by atoms with Crippen LogP contribution in [0, 0.1) is 5.82 Å². The summed E-state index contributed by atoms with van der Waals surface area (Å²) in [6.07, 6.45) is 3.37. The number of nitrogens with zero attached hydrogens (tertiary/aromatic N) is 5. The third-order valence-corrected chi connectivity index (χ3v) is 6.88. The van der Waals surface area contributed by atoms with Crippen LogP contribution < -0.4 is 20.7 Å². The van der Waals surface area contributed by atoms with Gasteiger partial charge in [0, 0.05) is 39.5 Å². The fourth-order valence-corrected chi connectivity index (χ4v) is 5.00. The van der Waals surface area contributed by atoms with Crippen molar-refractivity contribution >= 4 is 28.3 Å². The van der Waals surface area contributed by atoms with E-state index in [1.807, 2.05) is 23.7 Å². The zero-order chi connectivity index (χ0) is 26.8. The summed E-state index contributed by atoms with van der Waals surface area (Å²) in [5.74, 6) is 0.105. The van der Waals surface area contributed by atoms with Gasteiger partial charge in [-0.1, -0.05) is 6.07 Å². The van der Waals surface area contributed by atoms with E-state index in [0.29, 0.717) is 18.8 Å². The number of hydrogen-bond acceptors (Lipinski definition) is 8. The van der Waals surface area contributed by atoms with Crippen LogP contribution in [-0.4, -0.2) is 58.8 Å². The summed E-state index contributed by atoms with van der Waals surface area (Å²) in [6.45, 7) is 1.64. The number of anilines is 2. The highest BCUT2D eigenvalue weighted by Crippen LogP contribution is 2.39. The number of methoxy groups -OCH3 is 2. The quantitative estimate of drug-likeness (QED) is 0.363. The standard InChI is InChI=1S/C27H30FN7O3/c1-34-20-10-9-18(25(24(20)33-22(34)15-37-2)35-13-5-6-16(35)14-29)32-27(36)19-11-12-30-26(31-19)23-17(28)7-4-8-21(23)38-3/h4,7-12,16H,5-6,13-15,29H2,1-3H3,(H,32,36). The molecule has 1 fully saturated rings. The molecule has 0 spiro atoms. The third-order valence-electron chi connectivity index (χ3n) is 6.88. The van der Waals surface area contributed by atoms with Gasteiger partial charge in [-0.2, -0.15) is 0 Å². The van der Waals surface area contributed by atoms with E-state index in [-0.39, 0.29) is 28.9 Å². The van der Waals surface area contributed by atoms with Gasteiger partial charge in [0.05, 0.1) is 29.6 Å². The Bertz CT molecular complexity index is 1490. The number of halogens is 1. The average molecular weight is 520 g/mol. The van der Waals surface area contributed by atoms with Gasteiger partial charge in [-0.25, -0.2) is 19.3 Å². The van der Waals surface area contributed by atoms with Crippen LogP contribution >= 0.6 is 0 Å². The van der Waals surface area contributed by atoms with E-state index in [0.717, 1.165) is 41.9 Å². The monoisotopic (exact) mass is 519 g/mol. The molecule has 0 aliphatic carbocycles. The number of nitrogens with two attached hydrogens (primary N) is 1. The normalized spacial score (nSPS) is 15.3. The summed E-state index contributed by atoms with van der Waals surface area (Å²) in [6, 6.07) is 9.85. The Labute approximate surface area is 219 Å². The first-order valence-electron chi connectivity index (χ1n) is 12.4. The van der Waals surface area contributed by atoms with E-state index >= 15 is 0 Å². The number of ether oxygens (including phenoxy) is 2. The minimum Gasteiger partial charge on any atom is -0.496 e. The molecule has 1 atom stereocenters. The van der Waals surface area contributed by atoms with Gasteiger partial charge in [-0.15, -0.1) is 0 Å². The van der Waals surface area contributed by atoms with E-state index in [2.05, 4.69) is 20.2 Å². The van der Waals surface area contributed by atoms with Crippen molar-refractivity contribution in [3.05, 3.63) is 59.9 Å². The number of aryl methyl sites for hydroxylation is 1. The topological polar surface area (TPSA) is 120 Å². The van der Waals surface area contributed by atoms with Crippen molar-refractivity contribution in [3.8, 4) is 17.1 Å². The first-order valence-corrected chi connectivity index (χ1v) is 12.4. The molecule has 38 heavy (non-hydrogen) atoms. The summed E-state index contributed by atoms with van der Waals surface area (Å²) in [5, 5.41) is 3.01. The van der Waals surface area contributed by atoms with Gasteiger partial charge in [0.1, 0.15) is 35.2 Å². The zero-order valence-electron chi connectivity index (χ0n) is 21.6. The highest BCUT2D eigenvalue weighted by atomic mass is 19.1. The molecule has 0 radical (unpaired) electrons. The largest absolute Gasteiger partial charge is 0.496 e. The first kappa shape index (κ1) is 25.6.